The second kappa shape index (κ2) is 7.62. The molecule has 0 aliphatic carbocycles. The van der Waals surface area contributed by atoms with Crippen molar-refractivity contribution < 1.29 is 0 Å². The molecule has 0 aromatic carbocycles. The SMILES string of the molecule is CCCNC1CCN(CCN2CCSCC2)C1. The molecule has 0 bridgehead atoms. The van der Waals surface area contributed by atoms with Crippen LogP contribution in [-0.2, 0) is 0 Å². The Morgan fingerprint density at radius 1 is 1.12 bits per heavy atom. The lowest BCUT2D eigenvalue weighted by Gasteiger charge is -2.28. The van der Waals surface area contributed by atoms with E-state index >= 15 is 0 Å². The quantitative estimate of drug-likeness (QED) is 0.768. The molecule has 2 saturated heterocycles. The minimum Gasteiger partial charge on any atom is -0.313 e. The highest BCUT2D eigenvalue weighted by Crippen LogP contribution is 2.11. The molecule has 1 unspecified atom stereocenters. The predicted molar refractivity (Wildman–Crippen MR) is 76.9 cm³/mol. The van der Waals surface area contributed by atoms with E-state index in [0.717, 1.165) is 6.04 Å². The first-order chi connectivity index (χ1) is 8.38. The molecule has 2 fully saturated rings. The Morgan fingerprint density at radius 2 is 1.88 bits per heavy atom. The van der Waals surface area contributed by atoms with E-state index < -0.39 is 0 Å². The number of thioether (sulfide) groups is 1. The van der Waals surface area contributed by atoms with Gasteiger partial charge in [-0.15, -0.1) is 0 Å². The number of hydrogen-bond donors (Lipinski definition) is 1. The van der Waals surface area contributed by atoms with Crippen molar-refractivity contribution in [3.05, 3.63) is 0 Å². The summed E-state index contributed by atoms with van der Waals surface area (Å²) in [6.45, 7) is 11.1. The highest BCUT2D eigenvalue weighted by molar-refractivity contribution is 7.99. The van der Waals surface area contributed by atoms with Crippen LogP contribution < -0.4 is 5.32 Å². The topological polar surface area (TPSA) is 18.5 Å². The third-order valence-electron chi connectivity index (χ3n) is 3.79. The summed E-state index contributed by atoms with van der Waals surface area (Å²) in [5.74, 6) is 2.67. The van der Waals surface area contributed by atoms with E-state index in [4.69, 9.17) is 0 Å². The van der Waals surface area contributed by atoms with Crippen LogP contribution in [0.3, 0.4) is 0 Å². The van der Waals surface area contributed by atoms with E-state index in [1.54, 1.807) is 0 Å². The van der Waals surface area contributed by atoms with Gasteiger partial charge in [0.15, 0.2) is 0 Å². The van der Waals surface area contributed by atoms with Gasteiger partial charge >= 0.3 is 0 Å². The average Bonchev–Trinajstić information content (AvgIpc) is 2.83. The van der Waals surface area contributed by atoms with Crippen LogP contribution in [0.25, 0.3) is 0 Å². The zero-order valence-corrected chi connectivity index (χ0v) is 12.0. The molecule has 2 heterocycles. The van der Waals surface area contributed by atoms with Crippen molar-refractivity contribution >= 4 is 11.8 Å². The van der Waals surface area contributed by atoms with Gasteiger partial charge in [0.25, 0.3) is 0 Å². The summed E-state index contributed by atoms with van der Waals surface area (Å²) in [4.78, 5) is 5.26. The van der Waals surface area contributed by atoms with Crippen molar-refractivity contribution in [3.8, 4) is 0 Å². The number of likely N-dealkylation sites (tertiary alicyclic amines) is 1. The summed E-state index contributed by atoms with van der Waals surface area (Å²) >= 11 is 2.10. The standard InChI is InChI=1S/C13H27N3S/c1-2-4-14-13-3-5-16(12-13)7-6-15-8-10-17-11-9-15/h13-14H,2-12H2,1H3. The minimum atomic E-state index is 0.756. The molecule has 0 aromatic rings. The third-order valence-corrected chi connectivity index (χ3v) is 4.73. The van der Waals surface area contributed by atoms with E-state index in [-0.39, 0.29) is 0 Å². The molecule has 3 nitrogen and oxygen atoms in total. The van der Waals surface area contributed by atoms with E-state index in [1.807, 2.05) is 0 Å². The Labute approximate surface area is 110 Å². The maximum atomic E-state index is 3.64. The maximum absolute atomic E-state index is 3.64. The largest absolute Gasteiger partial charge is 0.313 e. The van der Waals surface area contributed by atoms with Gasteiger partial charge in [0.2, 0.25) is 0 Å². The number of rotatable bonds is 6. The van der Waals surface area contributed by atoms with Crippen LogP contribution in [0.15, 0.2) is 0 Å². The highest BCUT2D eigenvalue weighted by atomic mass is 32.2. The first kappa shape index (κ1) is 13.7. The zero-order chi connectivity index (χ0) is 11.9. The van der Waals surface area contributed by atoms with Crippen molar-refractivity contribution in [3.63, 3.8) is 0 Å². The molecular formula is C13H27N3S. The monoisotopic (exact) mass is 257 g/mol. The summed E-state index contributed by atoms with van der Waals surface area (Å²) < 4.78 is 0. The lowest BCUT2D eigenvalue weighted by molar-refractivity contribution is 0.237. The number of hydrogen-bond acceptors (Lipinski definition) is 4. The summed E-state index contributed by atoms with van der Waals surface area (Å²) in [6.07, 6.45) is 2.60. The average molecular weight is 257 g/mol. The molecule has 4 heteroatoms. The van der Waals surface area contributed by atoms with Gasteiger partial charge in [-0.3, -0.25) is 0 Å². The van der Waals surface area contributed by atoms with E-state index in [9.17, 15) is 0 Å². The Bertz CT molecular complexity index is 207. The third kappa shape index (κ3) is 4.78. The Hall–Kier alpha value is 0.230. The van der Waals surface area contributed by atoms with Crippen LogP contribution >= 0.6 is 11.8 Å². The molecule has 0 saturated carbocycles. The second-order valence-electron chi connectivity index (χ2n) is 5.19. The molecule has 0 amide bonds. The van der Waals surface area contributed by atoms with Crippen LogP contribution in [0.1, 0.15) is 19.8 Å². The molecule has 0 spiro atoms. The summed E-state index contributed by atoms with van der Waals surface area (Å²) in [6, 6.07) is 0.756. The zero-order valence-electron chi connectivity index (χ0n) is 11.2. The normalized spacial score (nSPS) is 27.7. The smallest absolute Gasteiger partial charge is 0.0207 e. The van der Waals surface area contributed by atoms with Crippen LogP contribution in [0.5, 0.6) is 0 Å². The van der Waals surface area contributed by atoms with E-state index in [1.165, 1.54) is 70.2 Å². The summed E-state index contributed by atoms with van der Waals surface area (Å²) in [5, 5.41) is 3.64. The molecule has 1 N–H and O–H groups in total. The van der Waals surface area contributed by atoms with Crippen molar-refractivity contribution in [2.24, 2.45) is 0 Å². The molecule has 2 aliphatic heterocycles. The van der Waals surface area contributed by atoms with Crippen LogP contribution in [0.4, 0.5) is 0 Å². The van der Waals surface area contributed by atoms with Gasteiger partial charge in [-0.1, -0.05) is 6.92 Å². The van der Waals surface area contributed by atoms with Crippen LogP contribution in [-0.4, -0.2) is 73.2 Å². The predicted octanol–water partition coefficient (Wildman–Crippen LogP) is 1.11. The highest BCUT2D eigenvalue weighted by Gasteiger charge is 2.22. The van der Waals surface area contributed by atoms with Crippen molar-refractivity contribution in [1.82, 2.24) is 15.1 Å². The lowest BCUT2D eigenvalue weighted by atomic mass is 10.2. The van der Waals surface area contributed by atoms with Gasteiger partial charge in [0.05, 0.1) is 0 Å². The van der Waals surface area contributed by atoms with E-state index in [0.29, 0.717) is 0 Å². The summed E-state index contributed by atoms with van der Waals surface area (Å²) in [7, 11) is 0. The van der Waals surface area contributed by atoms with Crippen molar-refractivity contribution in [1.29, 1.82) is 0 Å². The molecule has 2 aliphatic rings. The van der Waals surface area contributed by atoms with Gasteiger partial charge in [-0.05, 0) is 25.9 Å². The summed E-state index contributed by atoms with van der Waals surface area (Å²) in [5.41, 5.74) is 0. The van der Waals surface area contributed by atoms with Crippen LogP contribution in [0.2, 0.25) is 0 Å². The Kier molecular flexibility index (Phi) is 6.12. The molecule has 0 aromatic heterocycles. The molecule has 17 heavy (non-hydrogen) atoms. The lowest BCUT2D eigenvalue weighted by Crippen LogP contribution is -2.40. The Morgan fingerprint density at radius 3 is 2.65 bits per heavy atom. The first-order valence-electron chi connectivity index (χ1n) is 7.14. The van der Waals surface area contributed by atoms with Gasteiger partial charge < -0.3 is 15.1 Å². The number of nitrogens with zero attached hydrogens (tertiary/aromatic N) is 2. The van der Waals surface area contributed by atoms with Gasteiger partial charge in [-0.2, -0.15) is 11.8 Å². The molecule has 1 atom stereocenters. The van der Waals surface area contributed by atoms with Crippen molar-refractivity contribution in [2.45, 2.75) is 25.8 Å². The Balaban J connectivity index is 1.57. The molecule has 2 rings (SSSR count). The van der Waals surface area contributed by atoms with Gasteiger partial charge in [0.1, 0.15) is 0 Å². The maximum Gasteiger partial charge on any atom is 0.0207 e. The van der Waals surface area contributed by atoms with Crippen LogP contribution in [0, 0.1) is 0 Å². The van der Waals surface area contributed by atoms with E-state index in [2.05, 4.69) is 33.8 Å². The second-order valence-corrected chi connectivity index (χ2v) is 6.42. The molecule has 0 radical (unpaired) electrons. The fourth-order valence-electron chi connectivity index (χ4n) is 2.66. The van der Waals surface area contributed by atoms with Crippen molar-refractivity contribution in [2.75, 3.05) is 57.3 Å². The fraction of sp³-hybridized carbons (Fsp3) is 1.00. The first-order valence-corrected chi connectivity index (χ1v) is 8.30. The molecule has 100 valence electrons. The van der Waals surface area contributed by atoms with Gasteiger partial charge in [-0.25, -0.2) is 0 Å². The number of nitrogens with one attached hydrogen (secondary N) is 1. The fourth-order valence-corrected chi connectivity index (χ4v) is 3.64. The molecular weight excluding hydrogens is 230 g/mol. The minimum absolute atomic E-state index is 0.756. The van der Waals surface area contributed by atoms with Gasteiger partial charge in [0, 0.05) is 50.3 Å².